The van der Waals surface area contributed by atoms with E-state index < -0.39 is 16.1 Å². The molecule has 0 saturated heterocycles. The third-order valence-electron chi connectivity index (χ3n) is 4.63. The first-order chi connectivity index (χ1) is 15.6. The summed E-state index contributed by atoms with van der Waals surface area (Å²) >= 11 is 0. The number of nitrogens with zero attached hydrogens (tertiary/aromatic N) is 2. The number of anilines is 1. The van der Waals surface area contributed by atoms with Crippen molar-refractivity contribution >= 4 is 21.9 Å². The van der Waals surface area contributed by atoms with Crippen LogP contribution in [0.2, 0.25) is 0 Å². The van der Waals surface area contributed by atoms with Crippen LogP contribution >= 0.6 is 0 Å². The van der Waals surface area contributed by atoms with Gasteiger partial charge >= 0.3 is 6.09 Å². The quantitative estimate of drug-likeness (QED) is 0.484. The van der Waals surface area contributed by atoms with Gasteiger partial charge in [-0.1, -0.05) is 45.0 Å². The van der Waals surface area contributed by atoms with Gasteiger partial charge in [-0.05, 0) is 30.3 Å². The van der Waals surface area contributed by atoms with Crippen molar-refractivity contribution in [1.82, 2.24) is 14.5 Å². The van der Waals surface area contributed by atoms with Crippen LogP contribution in [0.1, 0.15) is 26.5 Å². The van der Waals surface area contributed by atoms with E-state index in [4.69, 9.17) is 9.47 Å². The van der Waals surface area contributed by atoms with Gasteiger partial charge in [-0.25, -0.2) is 22.6 Å². The molecule has 0 aliphatic rings. The van der Waals surface area contributed by atoms with Crippen molar-refractivity contribution in [3.63, 3.8) is 0 Å². The second kappa shape index (κ2) is 10.2. The third kappa shape index (κ3) is 6.41. The predicted molar refractivity (Wildman–Crippen MR) is 125 cm³/mol. The summed E-state index contributed by atoms with van der Waals surface area (Å²) in [5, 5.41) is 7.33. The van der Waals surface area contributed by atoms with E-state index in [2.05, 4.69) is 15.1 Å². The summed E-state index contributed by atoms with van der Waals surface area (Å²) in [7, 11) is -2.25. The van der Waals surface area contributed by atoms with E-state index in [1.807, 2.05) is 26.8 Å². The summed E-state index contributed by atoms with van der Waals surface area (Å²) < 4.78 is 39.5. The molecule has 176 valence electrons. The Morgan fingerprint density at radius 2 is 1.79 bits per heavy atom. The summed E-state index contributed by atoms with van der Waals surface area (Å²) in [6, 6.07) is 16.7. The normalized spacial score (nSPS) is 11.9. The van der Waals surface area contributed by atoms with Crippen LogP contribution < -0.4 is 14.8 Å². The molecule has 0 fully saturated rings. The monoisotopic (exact) mass is 472 g/mol. The second-order valence-corrected chi connectivity index (χ2v) is 10.1. The molecule has 0 atom stereocenters. The molecule has 0 aliphatic carbocycles. The van der Waals surface area contributed by atoms with Gasteiger partial charge in [-0.2, -0.15) is 5.10 Å². The highest BCUT2D eigenvalue weighted by Crippen LogP contribution is 2.27. The maximum absolute atomic E-state index is 12.6. The summed E-state index contributed by atoms with van der Waals surface area (Å²) in [5.74, 6) is 0.745. The molecule has 3 aromatic rings. The number of methoxy groups -OCH3 is 1. The molecule has 0 radical (unpaired) electrons. The fourth-order valence-corrected chi connectivity index (χ4v) is 3.96. The Bertz CT molecular complexity index is 1200. The van der Waals surface area contributed by atoms with Gasteiger partial charge in [0.05, 0.1) is 22.9 Å². The van der Waals surface area contributed by atoms with Crippen LogP contribution in [-0.2, 0) is 20.2 Å². The molecule has 9 nitrogen and oxygen atoms in total. The number of carbonyl (C=O) groups is 1. The number of aromatic nitrogens is 2. The minimum Gasteiger partial charge on any atom is -0.410 e. The van der Waals surface area contributed by atoms with E-state index in [9.17, 15) is 13.2 Å². The first-order valence-electron chi connectivity index (χ1n) is 10.3. The van der Waals surface area contributed by atoms with Gasteiger partial charge in [-0.3, -0.25) is 5.32 Å². The molecule has 0 bridgehead atoms. The number of sulfonamides is 1. The van der Waals surface area contributed by atoms with Gasteiger partial charge in [0.2, 0.25) is 10.0 Å². The Balaban J connectivity index is 1.93. The lowest BCUT2D eigenvalue weighted by Crippen LogP contribution is -2.27. The highest BCUT2D eigenvalue weighted by Gasteiger charge is 2.23. The Morgan fingerprint density at radius 1 is 1.06 bits per heavy atom. The van der Waals surface area contributed by atoms with E-state index in [0.717, 1.165) is 0 Å². The SMILES string of the molecule is COCCNS(=O)(=O)c1cccc(-n2nc(C(C)(C)C)cc2NC(=O)Oc2ccccc2)c1. The van der Waals surface area contributed by atoms with Gasteiger partial charge in [-0.15, -0.1) is 0 Å². The highest BCUT2D eigenvalue weighted by atomic mass is 32.2. The van der Waals surface area contributed by atoms with Crippen molar-refractivity contribution in [3.05, 3.63) is 66.4 Å². The number of ether oxygens (including phenoxy) is 2. The van der Waals surface area contributed by atoms with Crippen LogP contribution in [0.25, 0.3) is 5.69 Å². The van der Waals surface area contributed by atoms with Gasteiger partial charge in [0, 0.05) is 25.1 Å². The van der Waals surface area contributed by atoms with E-state index in [1.165, 1.54) is 23.9 Å². The smallest absolute Gasteiger partial charge is 0.410 e. The van der Waals surface area contributed by atoms with Crippen LogP contribution in [0.15, 0.2) is 65.6 Å². The van der Waals surface area contributed by atoms with Crippen molar-refractivity contribution in [2.75, 3.05) is 25.6 Å². The van der Waals surface area contributed by atoms with Crippen molar-refractivity contribution in [1.29, 1.82) is 0 Å². The molecule has 0 saturated carbocycles. The lowest BCUT2D eigenvalue weighted by molar-refractivity contribution is 0.204. The maximum Gasteiger partial charge on any atom is 0.418 e. The number of rotatable bonds is 8. The lowest BCUT2D eigenvalue weighted by Gasteiger charge is -2.14. The molecule has 1 aromatic heterocycles. The molecular weight excluding hydrogens is 444 g/mol. The molecule has 0 spiro atoms. The summed E-state index contributed by atoms with van der Waals surface area (Å²) in [6.07, 6.45) is -0.687. The topological polar surface area (TPSA) is 112 Å². The van der Waals surface area contributed by atoms with E-state index in [1.54, 1.807) is 42.5 Å². The van der Waals surface area contributed by atoms with Crippen LogP contribution in [0.5, 0.6) is 5.75 Å². The zero-order valence-electron chi connectivity index (χ0n) is 19.0. The van der Waals surface area contributed by atoms with E-state index >= 15 is 0 Å². The third-order valence-corrected chi connectivity index (χ3v) is 6.09. The highest BCUT2D eigenvalue weighted by molar-refractivity contribution is 7.89. The van der Waals surface area contributed by atoms with Crippen molar-refractivity contribution in [3.8, 4) is 11.4 Å². The number of hydrogen-bond donors (Lipinski definition) is 2. The summed E-state index contributed by atoms with van der Waals surface area (Å²) in [5.41, 5.74) is 0.871. The number of carbonyl (C=O) groups excluding carboxylic acids is 1. The maximum atomic E-state index is 12.6. The molecule has 0 unspecified atom stereocenters. The Morgan fingerprint density at radius 3 is 2.45 bits per heavy atom. The van der Waals surface area contributed by atoms with Crippen molar-refractivity contribution in [2.24, 2.45) is 0 Å². The summed E-state index contributed by atoms with van der Waals surface area (Å²) in [4.78, 5) is 12.6. The zero-order valence-corrected chi connectivity index (χ0v) is 19.8. The zero-order chi connectivity index (χ0) is 24.1. The average Bonchev–Trinajstić information content (AvgIpc) is 3.19. The van der Waals surface area contributed by atoms with Crippen LogP contribution in [0, 0.1) is 0 Å². The van der Waals surface area contributed by atoms with Crippen molar-refractivity contribution in [2.45, 2.75) is 31.1 Å². The Hall–Kier alpha value is -3.21. The van der Waals surface area contributed by atoms with Gasteiger partial charge in [0.25, 0.3) is 0 Å². The molecule has 2 aromatic carbocycles. The fraction of sp³-hybridized carbons (Fsp3) is 0.304. The number of amides is 1. The molecule has 10 heteroatoms. The first-order valence-corrected chi connectivity index (χ1v) is 11.8. The standard InChI is InChI=1S/C23H28N4O5S/c1-23(2,3)20-16-21(25-22(28)32-18-10-6-5-7-11-18)27(26-20)17-9-8-12-19(15-17)33(29,30)24-13-14-31-4/h5-12,15-16,24H,13-14H2,1-4H3,(H,25,28). The van der Waals surface area contributed by atoms with Crippen LogP contribution in [0.3, 0.4) is 0 Å². The average molecular weight is 473 g/mol. The molecule has 2 N–H and O–H groups in total. The van der Waals surface area contributed by atoms with Crippen LogP contribution in [0.4, 0.5) is 10.6 Å². The second-order valence-electron chi connectivity index (χ2n) is 8.29. The largest absolute Gasteiger partial charge is 0.418 e. The number of hydrogen-bond acceptors (Lipinski definition) is 6. The molecular formula is C23H28N4O5S. The van der Waals surface area contributed by atoms with Crippen LogP contribution in [-0.4, -0.2) is 44.6 Å². The Kier molecular flexibility index (Phi) is 7.52. The Labute approximate surface area is 193 Å². The predicted octanol–water partition coefficient (Wildman–Crippen LogP) is 3.71. The van der Waals surface area contributed by atoms with E-state index in [-0.39, 0.29) is 23.5 Å². The van der Waals surface area contributed by atoms with Crippen molar-refractivity contribution < 1.29 is 22.7 Å². The number of benzene rings is 2. The number of nitrogens with one attached hydrogen (secondary N) is 2. The molecule has 33 heavy (non-hydrogen) atoms. The fourth-order valence-electron chi connectivity index (χ4n) is 2.90. The molecule has 0 aliphatic heterocycles. The van der Waals surface area contributed by atoms with Gasteiger partial charge in [0.1, 0.15) is 11.6 Å². The minimum atomic E-state index is -3.74. The molecule has 1 amide bonds. The lowest BCUT2D eigenvalue weighted by atomic mass is 9.92. The summed E-state index contributed by atoms with van der Waals surface area (Å²) in [6.45, 7) is 6.38. The minimum absolute atomic E-state index is 0.0710. The van der Waals surface area contributed by atoms with E-state index in [0.29, 0.717) is 22.9 Å². The van der Waals surface area contributed by atoms with Gasteiger partial charge < -0.3 is 9.47 Å². The first kappa shape index (κ1) is 24.4. The number of para-hydroxylation sites is 1. The molecule has 3 rings (SSSR count). The van der Waals surface area contributed by atoms with Gasteiger partial charge in [0.15, 0.2) is 0 Å². The molecule has 1 heterocycles.